The molecule has 1 aliphatic rings. The number of nitrogens with zero attached hydrogens (tertiary/aromatic N) is 3. The molecule has 0 bridgehead atoms. The number of anilines is 1. The molecule has 0 aromatic carbocycles. The summed E-state index contributed by atoms with van der Waals surface area (Å²) in [6.45, 7) is -0.432. The Morgan fingerprint density at radius 3 is 3.11 bits per heavy atom. The van der Waals surface area contributed by atoms with Crippen molar-refractivity contribution in [3.8, 4) is 11.3 Å². The Labute approximate surface area is 107 Å². The van der Waals surface area contributed by atoms with Gasteiger partial charge in [0.05, 0.1) is 12.1 Å². The monoisotopic (exact) mass is 264 g/mol. The molecular weight excluding hydrogens is 254 g/mol. The van der Waals surface area contributed by atoms with Gasteiger partial charge in [0.1, 0.15) is 12.4 Å². The van der Waals surface area contributed by atoms with Gasteiger partial charge in [0.2, 0.25) is 5.91 Å². The van der Waals surface area contributed by atoms with Crippen LogP contribution >= 0.6 is 0 Å². The molecule has 7 heteroatoms. The maximum atomic E-state index is 12.2. The Morgan fingerprint density at radius 1 is 1.47 bits per heavy atom. The molecule has 2 aromatic heterocycles. The number of carbonyl (C=O) groups is 1. The van der Waals surface area contributed by atoms with Gasteiger partial charge in [-0.15, -0.1) is 0 Å². The number of hydrogen-bond donors (Lipinski definition) is 1. The highest BCUT2D eigenvalue weighted by Gasteiger charge is 2.19. The molecule has 0 spiro atoms. The van der Waals surface area contributed by atoms with Crippen LogP contribution < -0.4 is 5.32 Å². The van der Waals surface area contributed by atoms with Gasteiger partial charge in [-0.05, 0) is 12.1 Å². The average molecular weight is 264 g/mol. The van der Waals surface area contributed by atoms with E-state index in [9.17, 15) is 13.6 Å². The van der Waals surface area contributed by atoms with Crippen molar-refractivity contribution in [1.29, 1.82) is 0 Å². The number of halogens is 2. The molecule has 1 aliphatic heterocycles. The number of carbonyl (C=O) groups excluding carboxylic acids is 1. The third-order valence-electron chi connectivity index (χ3n) is 2.84. The third kappa shape index (κ3) is 2.31. The Hall–Kier alpha value is -2.31. The molecule has 98 valence electrons. The normalized spacial score (nSPS) is 13.7. The number of aromatic nitrogens is 3. The molecule has 0 atom stereocenters. The van der Waals surface area contributed by atoms with Crippen LogP contribution in [0.25, 0.3) is 11.3 Å². The molecule has 0 aliphatic carbocycles. The van der Waals surface area contributed by atoms with Gasteiger partial charge in [-0.3, -0.25) is 9.48 Å². The summed E-state index contributed by atoms with van der Waals surface area (Å²) in [4.78, 5) is 15.3. The SMILES string of the molecule is O=C1Cc2cc(-c3ccn(CC(F)F)n3)cnc2N1. The molecule has 5 nitrogen and oxygen atoms in total. The predicted molar refractivity (Wildman–Crippen MR) is 63.8 cm³/mol. The average Bonchev–Trinajstić information content (AvgIpc) is 2.92. The van der Waals surface area contributed by atoms with Gasteiger partial charge in [-0.25, -0.2) is 13.8 Å². The lowest BCUT2D eigenvalue weighted by molar-refractivity contribution is -0.115. The lowest BCUT2D eigenvalue weighted by Gasteiger charge is -2.01. The molecule has 0 fully saturated rings. The molecular formula is C12H10F2N4O. The van der Waals surface area contributed by atoms with Crippen LogP contribution in [0.5, 0.6) is 0 Å². The fourth-order valence-corrected chi connectivity index (χ4v) is 2.01. The summed E-state index contributed by atoms with van der Waals surface area (Å²) < 4.78 is 25.7. The van der Waals surface area contributed by atoms with E-state index in [1.807, 2.05) is 0 Å². The summed E-state index contributed by atoms with van der Waals surface area (Å²) in [5.41, 5.74) is 2.07. The van der Waals surface area contributed by atoms with Gasteiger partial charge in [0, 0.05) is 23.5 Å². The second-order valence-corrected chi connectivity index (χ2v) is 4.27. The van der Waals surface area contributed by atoms with Gasteiger partial charge in [-0.1, -0.05) is 0 Å². The zero-order valence-corrected chi connectivity index (χ0v) is 9.81. The number of alkyl halides is 2. The number of hydrogen-bond acceptors (Lipinski definition) is 3. The van der Waals surface area contributed by atoms with Crippen LogP contribution in [0.3, 0.4) is 0 Å². The van der Waals surface area contributed by atoms with E-state index in [-0.39, 0.29) is 12.3 Å². The topological polar surface area (TPSA) is 59.8 Å². The van der Waals surface area contributed by atoms with Crippen molar-refractivity contribution in [3.05, 3.63) is 30.1 Å². The van der Waals surface area contributed by atoms with E-state index in [4.69, 9.17) is 0 Å². The second kappa shape index (κ2) is 4.42. The Kier molecular flexibility index (Phi) is 2.73. The highest BCUT2D eigenvalue weighted by Crippen LogP contribution is 2.25. The van der Waals surface area contributed by atoms with E-state index in [0.29, 0.717) is 17.1 Å². The summed E-state index contributed by atoms with van der Waals surface area (Å²) in [7, 11) is 0. The Morgan fingerprint density at radius 2 is 2.32 bits per heavy atom. The van der Waals surface area contributed by atoms with Gasteiger partial charge >= 0.3 is 0 Å². The van der Waals surface area contributed by atoms with E-state index >= 15 is 0 Å². The van der Waals surface area contributed by atoms with E-state index in [2.05, 4.69) is 15.4 Å². The predicted octanol–water partition coefficient (Wildman–Crippen LogP) is 1.70. The van der Waals surface area contributed by atoms with Crippen LogP contribution in [0.4, 0.5) is 14.6 Å². The lowest BCUT2D eigenvalue weighted by atomic mass is 10.1. The minimum atomic E-state index is -2.44. The minimum absolute atomic E-state index is 0.0946. The van der Waals surface area contributed by atoms with Crippen molar-refractivity contribution in [3.63, 3.8) is 0 Å². The lowest BCUT2D eigenvalue weighted by Crippen LogP contribution is -2.06. The molecule has 0 unspecified atom stereocenters. The van der Waals surface area contributed by atoms with Crippen LogP contribution in [0, 0.1) is 0 Å². The third-order valence-corrected chi connectivity index (χ3v) is 2.84. The van der Waals surface area contributed by atoms with Crippen LogP contribution in [0.15, 0.2) is 24.5 Å². The molecule has 0 radical (unpaired) electrons. The van der Waals surface area contributed by atoms with Gasteiger partial charge in [0.15, 0.2) is 0 Å². The molecule has 3 heterocycles. The van der Waals surface area contributed by atoms with E-state index < -0.39 is 13.0 Å². The van der Waals surface area contributed by atoms with E-state index in [1.54, 1.807) is 18.3 Å². The molecule has 0 saturated carbocycles. The number of nitrogens with one attached hydrogen (secondary N) is 1. The number of fused-ring (bicyclic) bond motifs is 1. The van der Waals surface area contributed by atoms with Gasteiger partial charge < -0.3 is 5.32 Å². The summed E-state index contributed by atoms with van der Waals surface area (Å²) >= 11 is 0. The first-order valence-corrected chi connectivity index (χ1v) is 5.72. The largest absolute Gasteiger partial charge is 0.310 e. The first kappa shape index (κ1) is 11.8. The fourth-order valence-electron chi connectivity index (χ4n) is 2.01. The van der Waals surface area contributed by atoms with Crippen molar-refractivity contribution in [2.45, 2.75) is 19.4 Å². The maximum absolute atomic E-state index is 12.2. The molecule has 1 amide bonds. The molecule has 19 heavy (non-hydrogen) atoms. The van der Waals surface area contributed by atoms with Crippen molar-refractivity contribution >= 4 is 11.7 Å². The number of pyridine rings is 1. The van der Waals surface area contributed by atoms with E-state index in [0.717, 1.165) is 5.56 Å². The molecule has 1 N–H and O–H groups in total. The Balaban J connectivity index is 1.89. The summed E-state index contributed by atoms with van der Waals surface area (Å²) in [6.07, 6.45) is 0.915. The second-order valence-electron chi connectivity index (χ2n) is 4.27. The number of amides is 1. The Bertz CT molecular complexity index is 638. The van der Waals surface area contributed by atoms with Crippen molar-refractivity contribution < 1.29 is 13.6 Å². The summed E-state index contributed by atoms with van der Waals surface area (Å²) in [5.74, 6) is 0.462. The highest BCUT2D eigenvalue weighted by molar-refractivity contribution is 5.98. The molecule has 2 aromatic rings. The quantitative estimate of drug-likeness (QED) is 0.918. The van der Waals surface area contributed by atoms with Crippen LogP contribution in [-0.4, -0.2) is 27.1 Å². The maximum Gasteiger partial charge on any atom is 0.257 e. The summed E-state index contributed by atoms with van der Waals surface area (Å²) in [6, 6.07) is 3.45. The zero-order valence-electron chi connectivity index (χ0n) is 9.81. The van der Waals surface area contributed by atoms with Gasteiger partial charge in [0.25, 0.3) is 6.43 Å². The summed E-state index contributed by atoms with van der Waals surface area (Å²) in [5, 5.41) is 6.69. The number of rotatable bonds is 3. The minimum Gasteiger partial charge on any atom is -0.310 e. The first-order valence-electron chi connectivity index (χ1n) is 5.72. The van der Waals surface area contributed by atoms with Crippen molar-refractivity contribution in [2.24, 2.45) is 0 Å². The molecule has 0 saturated heterocycles. The van der Waals surface area contributed by atoms with Crippen LogP contribution in [0.1, 0.15) is 5.56 Å². The smallest absolute Gasteiger partial charge is 0.257 e. The fraction of sp³-hybridized carbons (Fsp3) is 0.250. The van der Waals surface area contributed by atoms with E-state index in [1.165, 1.54) is 10.9 Å². The van der Waals surface area contributed by atoms with Crippen LogP contribution in [-0.2, 0) is 17.8 Å². The zero-order chi connectivity index (χ0) is 13.4. The van der Waals surface area contributed by atoms with Crippen LogP contribution in [0.2, 0.25) is 0 Å². The first-order chi connectivity index (χ1) is 9.11. The van der Waals surface area contributed by atoms with Gasteiger partial charge in [-0.2, -0.15) is 5.10 Å². The highest BCUT2D eigenvalue weighted by atomic mass is 19.3. The molecule has 3 rings (SSSR count). The van der Waals surface area contributed by atoms with Crippen molar-refractivity contribution in [2.75, 3.05) is 5.32 Å². The standard InChI is InChI=1S/C12H10F2N4O/c13-10(14)6-18-2-1-9(17-18)8-3-7-4-11(19)16-12(7)15-5-8/h1-3,5,10H,4,6H2,(H,15,16,19). The van der Waals surface area contributed by atoms with Crippen molar-refractivity contribution in [1.82, 2.24) is 14.8 Å².